The van der Waals surface area contributed by atoms with Gasteiger partial charge in [0.05, 0.1) is 38.6 Å². The number of aromatic nitrogens is 2. The molecule has 2 aromatic carbocycles. The Morgan fingerprint density at radius 3 is 2.11 bits per heavy atom. The van der Waals surface area contributed by atoms with E-state index < -0.39 is 47.4 Å². The first-order chi connectivity index (χ1) is 31.8. The highest BCUT2D eigenvalue weighted by Crippen LogP contribution is 2.34. The third kappa shape index (κ3) is 12.9. The first-order valence-electron chi connectivity index (χ1n) is 22.2. The molecular formula is C45H53Cl2N9O10. The molecule has 352 valence electrons. The van der Waals surface area contributed by atoms with Crippen molar-refractivity contribution >= 4 is 82.1 Å². The fourth-order valence-electron chi connectivity index (χ4n) is 8.00. The van der Waals surface area contributed by atoms with Gasteiger partial charge in [-0.15, -0.1) is 0 Å². The molecule has 3 aliphatic heterocycles. The maximum absolute atomic E-state index is 13.2. The summed E-state index contributed by atoms with van der Waals surface area (Å²) in [6, 6.07) is 7.88. The van der Waals surface area contributed by atoms with Crippen molar-refractivity contribution in [2.75, 3.05) is 38.1 Å². The summed E-state index contributed by atoms with van der Waals surface area (Å²) in [5, 5.41) is 20.3. The highest BCUT2D eigenvalue weighted by atomic mass is 35.5. The molecule has 9 amide bonds. The minimum Gasteiger partial charge on any atom is -0.483 e. The van der Waals surface area contributed by atoms with E-state index in [0.29, 0.717) is 64.7 Å². The molecule has 0 aliphatic carbocycles. The van der Waals surface area contributed by atoms with Crippen molar-refractivity contribution in [3.05, 3.63) is 75.0 Å². The lowest BCUT2D eigenvalue weighted by atomic mass is 10.0. The molecule has 19 nitrogen and oxygen atoms in total. The number of ether oxygens (including phenoxy) is 1. The number of nitrogens with zero attached hydrogens (tertiary/aromatic N) is 3. The van der Waals surface area contributed by atoms with Crippen LogP contribution < -0.4 is 31.3 Å². The Morgan fingerprint density at radius 2 is 1.41 bits per heavy atom. The molecule has 1 unspecified atom stereocenters. The van der Waals surface area contributed by atoms with Gasteiger partial charge in [-0.1, -0.05) is 61.0 Å². The molecule has 2 saturated heterocycles. The smallest absolute Gasteiger partial charge is 0.271 e. The second-order valence-electron chi connectivity index (χ2n) is 16.3. The average molecular weight is 951 g/mol. The standard InChI is InChI=1S/C45H53Cl2N9O10/c46-29-12-10-13-30(47)39(29)42(62)52-31-25-50-54-40(31)43(63)51-27-19-23-55(24-20-27)37(60)16-6-2-4-7-21-48-34(57)15-5-1-3-8-22-49-36(59)26-66-33-14-9-11-28-38(33)45(65)56(44(28)64)32-17-18-35(58)53-41(32)61/h9-14,25,27,32H,1-8,15-24,26H2,(H,48,57)(H,49,59)(H,50,54)(H,51,63)(H,52,62)(H,53,58,61). The van der Waals surface area contributed by atoms with Gasteiger partial charge in [0.1, 0.15) is 17.5 Å². The van der Waals surface area contributed by atoms with Gasteiger partial charge in [-0.2, -0.15) is 5.10 Å². The van der Waals surface area contributed by atoms with E-state index in [4.69, 9.17) is 27.9 Å². The molecule has 3 aromatic rings. The highest BCUT2D eigenvalue weighted by Gasteiger charge is 2.46. The number of carbonyl (C=O) groups excluding carboxylic acids is 9. The summed E-state index contributed by atoms with van der Waals surface area (Å²) in [5.41, 5.74) is 0.393. The van der Waals surface area contributed by atoms with Gasteiger partial charge in [-0.05, 0) is 69.2 Å². The van der Waals surface area contributed by atoms with E-state index in [1.165, 1.54) is 24.4 Å². The molecule has 1 aromatic heterocycles. The maximum atomic E-state index is 13.2. The number of imide groups is 2. The lowest BCUT2D eigenvalue weighted by Crippen LogP contribution is -2.54. The SMILES string of the molecule is O=C(CCCCCCNC(=O)COc1cccc2c1C(=O)N(C1CCC(=O)NC1=O)C2=O)NCCCCCCC(=O)N1CCC(NC(=O)c2[nH]ncc2NC(=O)c2c(Cl)cccc2Cl)CC1. The summed E-state index contributed by atoms with van der Waals surface area (Å²) in [6.07, 6.45) is 9.70. The van der Waals surface area contributed by atoms with Crippen molar-refractivity contribution in [2.24, 2.45) is 0 Å². The Labute approximate surface area is 390 Å². The van der Waals surface area contributed by atoms with Crippen LogP contribution in [-0.4, -0.2) is 118 Å². The molecule has 6 rings (SSSR count). The van der Waals surface area contributed by atoms with Crippen LogP contribution in [0.25, 0.3) is 0 Å². The molecule has 1 atom stereocenters. The normalized spacial score (nSPS) is 16.1. The molecule has 0 radical (unpaired) electrons. The number of hydrogen-bond acceptors (Lipinski definition) is 11. The zero-order valence-corrected chi connectivity index (χ0v) is 37.8. The Bertz CT molecular complexity index is 2310. The molecule has 3 aliphatic rings. The van der Waals surface area contributed by atoms with Crippen LogP contribution in [0.4, 0.5) is 5.69 Å². The number of rotatable bonds is 22. The van der Waals surface area contributed by atoms with Crippen LogP contribution in [0.15, 0.2) is 42.6 Å². The van der Waals surface area contributed by atoms with Gasteiger partial charge in [-0.25, -0.2) is 0 Å². The number of carbonyl (C=O) groups is 9. The predicted octanol–water partition coefficient (Wildman–Crippen LogP) is 4.30. The second-order valence-corrected chi connectivity index (χ2v) is 17.1. The predicted molar refractivity (Wildman–Crippen MR) is 241 cm³/mol. The number of aromatic amines is 1. The van der Waals surface area contributed by atoms with Crippen LogP contribution in [0, 0.1) is 0 Å². The van der Waals surface area contributed by atoms with Gasteiger partial charge >= 0.3 is 0 Å². The maximum Gasteiger partial charge on any atom is 0.271 e. The lowest BCUT2D eigenvalue weighted by Gasteiger charge is -2.32. The molecule has 4 heterocycles. The van der Waals surface area contributed by atoms with Crippen LogP contribution in [0.3, 0.4) is 0 Å². The van der Waals surface area contributed by atoms with Gasteiger partial charge in [0.25, 0.3) is 29.5 Å². The number of benzene rings is 2. The summed E-state index contributed by atoms with van der Waals surface area (Å²) in [4.78, 5) is 116. The van der Waals surface area contributed by atoms with Crippen molar-refractivity contribution in [3.63, 3.8) is 0 Å². The number of likely N-dealkylation sites (tertiary alicyclic amines) is 1. The summed E-state index contributed by atoms with van der Waals surface area (Å²) >= 11 is 12.3. The first kappa shape index (κ1) is 49.1. The number of amides is 9. The number of halogens is 2. The number of unbranched alkanes of at least 4 members (excludes halogenated alkanes) is 6. The van der Waals surface area contributed by atoms with Crippen molar-refractivity contribution < 1.29 is 47.9 Å². The Hall–Kier alpha value is -6.34. The fraction of sp³-hybridized carbons (Fsp3) is 0.467. The van der Waals surface area contributed by atoms with Crippen LogP contribution >= 0.6 is 23.2 Å². The van der Waals surface area contributed by atoms with Crippen LogP contribution in [-0.2, 0) is 24.0 Å². The number of piperidine rings is 2. The summed E-state index contributed by atoms with van der Waals surface area (Å²) in [7, 11) is 0. The minimum atomic E-state index is -1.11. The Balaban J connectivity index is 0.748. The zero-order valence-electron chi connectivity index (χ0n) is 36.3. The third-order valence-electron chi connectivity index (χ3n) is 11.6. The Kier molecular flexibility index (Phi) is 17.7. The van der Waals surface area contributed by atoms with E-state index in [1.807, 2.05) is 4.90 Å². The number of nitrogens with one attached hydrogen (secondary N) is 6. The van der Waals surface area contributed by atoms with Crippen LogP contribution in [0.1, 0.15) is 131 Å². The van der Waals surface area contributed by atoms with E-state index in [0.717, 1.165) is 43.4 Å². The molecule has 0 spiro atoms. The minimum absolute atomic E-state index is 0.00337. The van der Waals surface area contributed by atoms with E-state index in [9.17, 15) is 43.2 Å². The van der Waals surface area contributed by atoms with Gasteiger partial charge in [0.2, 0.25) is 23.6 Å². The van der Waals surface area contributed by atoms with Gasteiger partial charge in [-0.3, -0.25) is 58.5 Å². The molecule has 21 heteroatoms. The summed E-state index contributed by atoms with van der Waals surface area (Å²) < 4.78 is 5.61. The van der Waals surface area contributed by atoms with Gasteiger partial charge < -0.3 is 30.9 Å². The van der Waals surface area contributed by atoms with Crippen molar-refractivity contribution in [1.82, 2.24) is 41.3 Å². The second kappa shape index (κ2) is 23.7. The zero-order chi connectivity index (χ0) is 47.2. The lowest BCUT2D eigenvalue weighted by molar-refractivity contribution is -0.136. The molecule has 66 heavy (non-hydrogen) atoms. The van der Waals surface area contributed by atoms with E-state index >= 15 is 0 Å². The monoisotopic (exact) mass is 949 g/mol. The number of fused-ring (bicyclic) bond motifs is 1. The quantitative estimate of drug-likeness (QED) is 0.0611. The number of H-pyrrole nitrogens is 1. The van der Waals surface area contributed by atoms with Crippen LogP contribution in [0.5, 0.6) is 5.75 Å². The molecule has 0 saturated carbocycles. The molecule has 2 fully saturated rings. The van der Waals surface area contributed by atoms with Crippen molar-refractivity contribution in [3.8, 4) is 5.75 Å². The first-order valence-corrected chi connectivity index (χ1v) is 23.0. The largest absolute Gasteiger partial charge is 0.483 e. The van der Waals surface area contributed by atoms with Crippen LogP contribution in [0.2, 0.25) is 10.0 Å². The van der Waals surface area contributed by atoms with E-state index in [2.05, 4.69) is 36.8 Å². The Morgan fingerprint density at radius 1 is 0.758 bits per heavy atom. The van der Waals surface area contributed by atoms with Gasteiger partial charge in [0.15, 0.2) is 6.61 Å². The molecular weight excluding hydrogens is 897 g/mol. The average Bonchev–Trinajstić information content (AvgIpc) is 3.86. The fourth-order valence-corrected chi connectivity index (χ4v) is 8.57. The molecule has 0 bridgehead atoms. The topological polar surface area (TPSA) is 258 Å². The van der Waals surface area contributed by atoms with E-state index in [-0.39, 0.29) is 81.2 Å². The summed E-state index contributed by atoms with van der Waals surface area (Å²) in [6.45, 7) is 1.62. The van der Waals surface area contributed by atoms with Crippen molar-refractivity contribution in [1.29, 1.82) is 0 Å². The third-order valence-corrected chi connectivity index (χ3v) is 12.2. The van der Waals surface area contributed by atoms with Crippen molar-refractivity contribution in [2.45, 2.75) is 102 Å². The highest BCUT2D eigenvalue weighted by molar-refractivity contribution is 6.40. The van der Waals surface area contributed by atoms with E-state index in [1.54, 1.807) is 18.2 Å². The van der Waals surface area contributed by atoms with Gasteiger partial charge in [0, 0.05) is 51.5 Å². The summed E-state index contributed by atoms with van der Waals surface area (Å²) in [5.74, 6) is -3.87. The number of anilines is 1. The number of hydrogen-bond donors (Lipinski definition) is 6. The molecule has 6 N–H and O–H groups in total.